The molecule has 1 unspecified atom stereocenters. The molecule has 1 fully saturated rings. The summed E-state index contributed by atoms with van der Waals surface area (Å²) in [6, 6.07) is -0.0839. The minimum atomic E-state index is -0.506. The predicted octanol–water partition coefficient (Wildman–Crippen LogP) is -1.32. The first-order valence-electron chi connectivity index (χ1n) is 4.37. The normalized spacial score (nSPS) is 23.0. The fourth-order valence-electron chi connectivity index (χ4n) is 1.53. The molecule has 0 spiro atoms. The number of carbonyl (C=O) groups is 2. The Morgan fingerprint density at radius 2 is 2.31 bits per heavy atom. The molecule has 5 heteroatoms. The van der Waals surface area contributed by atoms with Crippen LogP contribution < -0.4 is 11.1 Å². The zero-order chi connectivity index (χ0) is 9.84. The Kier molecular flexibility index (Phi) is 3.25. The van der Waals surface area contributed by atoms with Gasteiger partial charge in [-0.05, 0) is 26.4 Å². The molecule has 1 aliphatic heterocycles. The Balaban J connectivity index is 2.34. The van der Waals surface area contributed by atoms with Crippen molar-refractivity contribution >= 4 is 11.8 Å². The summed E-state index contributed by atoms with van der Waals surface area (Å²) in [6.45, 7) is 0.873. The van der Waals surface area contributed by atoms with Crippen molar-refractivity contribution in [2.24, 2.45) is 5.73 Å². The van der Waals surface area contributed by atoms with E-state index < -0.39 is 5.91 Å². The Morgan fingerprint density at radius 3 is 2.77 bits per heavy atom. The van der Waals surface area contributed by atoms with Gasteiger partial charge < -0.3 is 11.1 Å². The quantitative estimate of drug-likeness (QED) is 0.572. The van der Waals surface area contributed by atoms with E-state index in [1.807, 2.05) is 11.9 Å². The highest BCUT2D eigenvalue weighted by molar-refractivity contribution is 5.86. The van der Waals surface area contributed by atoms with Gasteiger partial charge in [-0.15, -0.1) is 0 Å². The van der Waals surface area contributed by atoms with Crippen molar-refractivity contribution < 1.29 is 9.59 Å². The molecule has 74 valence electrons. The first-order valence-corrected chi connectivity index (χ1v) is 4.37. The van der Waals surface area contributed by atoms with E-state index in [4.69, 9.17) is 5.73 Å². The second kappa shape index (κ2) is 4.23. The number of likely N-dealkylation sites (tertiary alicyclic amines) is 1. The number of amides is 2. The lowest BCUT2D eigenvalue weighted by molar-refractivity contribution is -0.127. The van der Waals surface area contributed by atoms with Gasteiger partial charge >= 0.3 is 0 Å². The molecule has 1 heterocycles. The molecule has 1 saturated heterocycles. The maximum absolute atomic E-state index is 11.4. The van der Waals surface area contributed by atoms with E-state index in [2.05, 4.69) is 5.32 Å². The van der Waals surface area contributed by atoms with Gasteiger partial charge in [-0.25, -0.2) is 0 Å². The highest BCUT2D eigenvalue weighted by Crippen LogP contribution is 2.14. The smallest absolute Gasteiger partial charge is 0.237 e. The topological polar surface area (TPSA) is 75.4 Å². The number of hydrogen-bond donors (Lipinski definition) is 2. The summed E-state index contributed by atoms with van der Waals surface area (Å²) >= 11 is 0. The van der Waals surface area contributed by atoms with E-state index in [9.17, 15) is 9.59 Å². The number of nitrogens with zero attached hydrogens (tertiary/aromatic N) is 1. The molecule has 3 N–H and O–H groups in total. The third-order valence-electron chi connectivity index (χ3n) is 2.26. The van der Waals surface area contributed by atoms with Crippen molar-refractivity contribution in [3.63, 3.8) is 0 Å². The zero-order valence-corrected chi connectivity index (χ0v) is 7.75. The number of hydrogen-bond acceptors (Lipinski definition) is 3. The summed E-state index contributed by atoms with van der Waals surface area (Å²) in [7, 11) is 1.90. The largest absolute Gasteiger partial charge is 0.368 e. The summed E-state index contributed by atoms with van der Waals surface area (Å²) in [5, 5.41) is 2.50. The summed E-state index contributed by atoms with van der Waals surface area (Å²) in [6.07, 6.45) is 1.90. The maximum atomic E-state index is 11.4. The van der Waals surface area contributed by atoms with Gasteiger partial charge in [0.2, 0.25) is 11.8 Å². The van der Waals surface area contributed by atoms with Crippen LogP contribution in [0.5, 0.6) is 0 Å². The fourth-order valence-corrected chi connectivity index (χ4v) is 1.53. The standard InChI is InChI=1S/C8H15N3O2/c1-11-4-2-3-6(11)8(13)10-5-7(9)12/h6H,2-5H2,1H3,(H2,9,12)(H,10,13). The summed E-state index contributed by atoms with van der Waals surface area (Å²) in [5.41, 5.74) is 4.91. The third-order valence-corrected chi connectivity index (χ3v) is 2.26. The van der Waals surface area contributed by atoms with Gasteiger partial charge in [0.1, 0.15) is 0 Å². The summed E-state index contributed by atoms with van der Waals surface area (Å²) in [5.74, 6) is -0.604. The van der Waals surface area contributed by atoms with Gasteiger partial charge in [0.25, 0.3) is 0 Å². The SMILES string of the molecule is CN1CCCC1C(=O)NCC(N)=O. The van der Waals surface area contributed by atoms with Gasteiger partial charge in [0.15, 0.2) is 0 Å². The van der Waals surface area contributed by atoms with Crippen molar-refractivity contribution in [2.75, 3.05) is 20.1 Å². The minimum absolute atomic E-state index is 0.0663. The van der Waals surface area contributed by atoms with Crippen LogP contribution in [-0.4, -0.2) is 42.9 Å². The van der Waals surface area contributed by atoms with Crippen molar-refractivity contribution in [2.45, 2.75) is 18.9 Å². The molecule has 1 aliphatic rings. The van der Waals surface area contributed by atoms with Gasteiger partial charge in [0.05, 0.1) is 12.6 Å². The van der Waals surface area contributed by atoms with E-state index in [-0.39, 0.29) is 18.5 Å². The van der Waals surface area contributed by atoms with Crippen LogP contribution in [0.15, 0.2) is 0 Å². The molecule has 2 amide bonds. The third kappa shape index (κ3) is 2.69. The Hall–Kier alpha value is -1.10. The van der Waals surface area contributed by atoms with Crippen LogP contribution in [-0.2, 0) is 9.59 Å². The summed E-state index contributed by atoms with van der Waals surface area (Å²) < 4.78 is 0. The van der Waals surface area contributed by atoms with Crippen LogP contribution in [0.1, 0.15) is 12.8 Å². The second-order valence-corrected chi connectivity index (χ2v) is 3.32. The lowest BCUT2D eigenvalue weighted by atomic mass is 10.2. The van der Waals surface area contributed by atoms with Crippen LogP contribution in [0.2, 0.25) is 0 Å². The Labute approximate surface area is 77.3 Å². The van der Waals surface area contributed by atoms with Crippen LogP contribution in [0.3, 0.4) is 0 Å². The lowest BCUT2D eigenvalue weighted by Crippen LogP contribution is -2.44. The number of rotatable bonds is 3. The predicted molar refractivity (Wildman–Crippen MR) is 47.9 cm³/mol. The van der Waals surface area contributed by atoms with Gasteiger partial charge in [-0.2, -0.15) is 0 Å². The van der Waals surface area contributed by atoms with Crippen LogP contribution in [0, 0.1) is 0 Å². The average Bonchev–Trinajstić information content (AvgIpc) is 2.47. The number of nitrogens with two attached hydrogens (primary N) is 1. The van der Waals surface area contributed by atoms with Crippen molar-refractivity contribution in [3.8, 4) is 0 Å². The highest BCUT2D eigenvalue weighted by atomic mass is 16.2. The van der Waals surface area contributed by atoms with Gasteiger partial charge in [0, 0.05) is 0 Å². The number of likely N-dealkylation sites (N-methyl/N-ethyl adjacent to an activating group) is 1. The van der Waals surface area contributed by atoms with Gasteiger partial charge in [-0.3, -0.25) is 14.5 Å². The Bertz CT molecular complexity index is 217. The fraction of sp³-hybridized carbons (Fsp3) is 0.750. The van der Waals surface area contributed by atoms with Crippen LogP contribution in [0.4, 0.5) is 0 Å². The molecule has 0 aromatic heterocycles. The van der Waals surface area contributed by atoms with E-state index in [1.165, 1.54) is 0 Å². The highest BCUT2D eigenvalue weighted by Gasteiger charge is 2.27. The maximum Gasteiger partial charge on any atom is 0.237 e. The number of carbonyl (C=O) groups excluding carboxylic acids is 2. The van der Waals surface area contributed by atoms with E-state index >= 15 is 0 Å². The molecule has 0 bridgehead atoms. The first-order chi connectivity index (χ1) is 6.11. The molecule has 0 saturated carbocycles. The van der Waals surface area contributed by atoms with E-state index in [0.29, 0.717) is 0 Å². The molecular formula is C8H15N3O2. The molecule has 1 rings (SSSR count). The van der Waals surface area contributed by atoms with Crippen LogP contribution >= 0.6 is 0 Å². The molecule has 0 aromatic rings. The second-order valence-electron chi connectivity index (χ2n) is 3.32. The molecule has 0 aliphatic carbocycles. The molecule has 1 atom stereocenters. The first kappa shape index (κ1) is 9.98. The number of nitrogens with one attached hydrogen (secondary N) is 1. The van der Waals surface area contributed by atoms with E-state index in [0.717, 1.165) is 19.4 Å². The molecule has 13 heavy (non-hydrogen) atoms. The van der Waals surface area contributed by atoms with Crippen LogP contribution in [0.25, 0.3) is 0 Å². The summed E-state index contributed by atoms with van der Waals surface area (Å²) in [4.78, 5) is 23.8. The zero-order valence-electron chi connectivity index (χ0n) is 7.75. The molecular weight excluding hydrogens is 170 g/mol. The minimum Gasteiger partial charge on any atom is -0.368 e. The van der Waals surface area contributed by atoms with Crippen molar-refractivity contribution in [1.29, 1.82) is 0 Å². The monoisotopic (exact) mass is 185 g/mol. The molecule has 5 nitrogen and oxygen atoms in total. The molecule has 0 radical (unpaired) electrons. The van der Waals surface area contributed by atoms with Crippen molar-refractivity contribution in [1.82, 2.24) is 10.2 Å². The van der Waals surface area contributed by atoms with E-state index in [1.54, 1.807) is 0 Å². The van der Waals surface area contributed by atoms with Crippen molar-refractivity contribution in [3.05, 3.63) is 0 Å². The average molecular weight is 185 g/mol. The van der Waals surface area contributed by atoms with Gasteiger partial charge in [-0.1, -0.05) is 0 Å². The molecule has 0 aromatic carbocycles. The lowest BCUT2D eigenvalue weighted by Gasteiger charge is -2.17. The number of primary amides is 1. The Morgan fingerprint density at radius 1 is 1.62 bits per heavy atom.